The molecule has 1 atom stereocenters. The van der Waals surface area contributed by atoms with E-state index in [0.717, 1.165) is 38.4 Å². The summed E-state index contributed by atoms with van der Waals surface area (Å²) in [7, 11) is 1.44. The smallest absolute Gasteiger partial charge is 0.305 e. The average molecular weight is 496 g/mol. The van der Waals surface area contributed by atoms with Gasteiger partial charge in [-0.2, -0.15) is 0 Å². The van der Waals surface area contributed by atoms with Gasteiger partial charge < -0.3 is 15.4 Å². The molecule has 0 radical (unpaired) electrons. The standard InChI is InChI=1S/C20H40N4O2.HI/c1-5-21-20(22-13-9-8-12-19(25)26-4)23-16-18(17(2)3)24-14-10-6-7-11-15-24;/h17-18H,5-16H2,1-4H3,(H2,21,22,23);1H. The minimum absolute atomic E-state index is 0. The summed E-state index contributed by atoms with van der Waals surface area (Å²) in [5.41, 5.74) is 0. The largest absolute Gasteiger partial charge is 0.469 e. The molecule has 1 aliphatic rings. The maximum atomic E-state index is 11.1. The Labute approximate surface area is 183 Å². The van der Waals surface area contributed by atoms with Crippen LogP contribution in [0.25, 0.3) is 0 Å². The molecule has 7 heteroatoms. The fourth-order valence-corrected chi connectivity index (χ4v) is 3.40. The Bertz CT molecular complexity index is 411. The van der Waals surface area contributed by atoms with Gasteiger partial charge in [0.05, 0.1) is 13.7 Å². The first kappa shape index (κ1) is 26.4. The molecule has 0 aliphatic carbocycles. The van der Waals surface area contributed by atoms with E-state index in [0.29, 0.717) is 18.4 Å². The summed E-state index contributed by atoms with van der Waals surface area (Å²) in [5.74, 6) is 1.34. The van der Waals surface area contributed by atoms with Crippen LogP contribution < -0.4 is 10.6 Å². The first-order valence-corrected chi connectivity index (χ1v) is 10.4. The third kappa shape index (κ3) is 11.8. The molecule has 0 spiro atoms. The van der Waals surface area contributed by atoms with E-state index < -0.39 is 0 Å². The van der Waals surface area contributed by atoms with Crippen molar-refractivity contribution < 1.29 is 9.53 Å². The van der Waals surface area contributed by atoms with Crippen LogP contribution in [0, 0.1) is 5.92 Å². The van der Waals surface area contributed by atoms with Crippen molar-refractivity contribution in [3.05, 3.63) is 0 Å². The number of unbranched alkanes of at least 4 members (excludes halogenated alkanes) is 1. The molecular weight excluding hydrogens is 455 g/mol. The fourth-order valence-electron chi connectivity index (χ4n) is 3.40. The molecule has 1 heterocycles. The van der Waals surface area contributed by atoms with E-state index in [9.17, 15) is 4.79 Å². The first-order chi connectivity index (χ1) is 12.6. The number of guanidine groups is 1. The van der Waals surface area contributed by atoms with Crippen molar-refractivity contribution in [3.63, 3.8) is 0 Å². The molecule has 0 saturated carbocycles. The first-order valence-electron chi connectivity index (χ1n) is 10.4. The summed E-state index contributed by atoms with van der Waals surface area (Å²) in [6, 6.07) is 0.503. The number of rotatable bonds is 10. The molecule has 2 N–H and O–H groups in total. The fraction of sp³-hybridized carbons (Fsp3) is 0.900. The molecule has 0 amide bonds. The molecule has 0 aromatic heterocycles. The normalized spacial score (nSPS) is 17.0. The summed E-state index contributed by atoms with van der Waals surface area (Å²) in [6.45, 7) is 11.6. The lowest BCUT2D eigenvalue weighted by molar-refractivity contribution is -0.140. The van der Waals surface area contributed by atoms with Crippen LogP contribution in [0.1, 0.15) is 65.7 Å². The zero-order valence-corrected chi connectivity index (χ0v) is 20.1. The van der Waals surface area contributed by atoms with Crippen LogP contribution in [0.2, 0.25) is 0 Å². The third-order valence-electron chi connectivity index (χ3n) is 4.99. The highest BCUT2D eigenvalue weighted by atomic mass is 127. The number of ether oxygens (including phenoxy) is 1. The number of halogens is 1. The Balaban J connectivity index is 0.00000676. The summed E-state index contributed by atoms with van der Waals surface area (Å²) in [6.07, 6.45) is 7.59. The molecule has 160 valence electrons. The van der Waals surface area contributed by atoms with Crippen molar-refractivity contribution in [2.45, 2.75) is 71.8 Å². The van der Waals surface area contributed by atoms with E-state index in [2.05, 4.69) is 41.0 Å². The molecule has 0 bridgehead atoms. The quantitative estimate of drug-likeness (QED) is 0.160. The summed E-state index contributed by atoms with van der Waals surface area (Å²) in [5, 5.41) is 6.72. The third-order valence-corrected chi connectivity index (χ3v) is 4.99. The van der Waals surface area contributed by atoms with Crippen LogP contribution >= 0.6 is 24.0 Å². The van der Waals surface area contributed by atoms with Gasteiger partial charge in [0.2, 0.25) is 0 Å². The number of aliphatic imine (C=N–C) groups is 1. The number of esters is 1. The van der Waals surface area contributed by atoms with Gasteiger partial charge in [0.15, 0.2) is 5.96 Å². The number of nitrogens with zero attached hydrogens (tertiary/aromatic N) is 2. The Morgan fingerprint density at radius 3 is 2.33 bits per heavy atom. The molecular formula is C20H41IN4O2. The summed E-state index contributed by atoms with van der Waals surface area (Å²) < 4.78 is 4.67. The van der Waals surface area contributed by atoms with E-state index >= 15 is 0 Å². The molecule has 1 aliphatic heterocycles. The van der Waals surface area contributed by atoms with Crippen LogP contribution in [0.4, 0.5) is 0 Å². The average Bonchev–Trinajstić information content (AvgIpc) is 2.90. The van der Waals surface area contributed by atoms with Crippen molar-refractivity contribution in [1.29, 1.82) is 0 Å². The van der Waals surface area contributed by atoms with Crippen molar-refractivity contribution in [3.8, 4) is 0 Å². The highest BCUT2D eigenvalue weighted by Crippen LogP contribution is 2.17. The molecule has 0 aromatic rings. The van der Waals surface area contributed by atoms with Gasteiger partial charge in [0.25, 0.3) is 0 Å². The van der Waals surface area contributed by atoms with Crippen LogP contribution in [0.3, 0.4) is 0 Å². The molecule has 0 aromatic carbocycles. The van der Waals surface area contributed by atoms with E-state index in [1.165, 1.54) is 45.9 Å². The summed E-state index contributed by atoms with van der Waals surface area (Å²) in [4.78, 5) is 18.6. The van der Waals surface area contributed by atoms with Gasteiger partial charge in [-0.15, -0.1) is 24.0 Å². The van der Waals surface area contributed by atoms with E-state index in [1.807, 2.05) is 0 Å². The monoisotopic (exact) mass is 496 g/mol. The summed E-state index contributed by atoms with van der Waals surface area (Å²) >= 11 is 0. The predicted molar refractivity (Wildman–Crippen MR) is 124 cm³/mol. The molecule has 1 unspecified atom stereocenters. The predicted octanol–water partition coefficient (Wildman–Crippen LogP) is 3.40. The minimum Gasteiger partial charge on any atom is -0.469 e. The number of likely N-dealkylation sites (tertiary alicyclic amines) is 1. The Morgan fingerprint density at radius 2 is 1.78 bits per heavy atom. The van der Waals surface area contributed by atoms with Gasteiger partial charge in [-0.1, -0.05) is 26.7 Å². The van der Waals surface area contributed by atoms with Gasteiger partial charge in [0, 0.05) is 25.6 Å². The Morgan fingerprint density at radius 1 is 1.11 bits per heavy atom. The maximum absolute atomic E-state index is 11.1. The number of methoxy groups -OCH3 is 1. The maximum Gasteiger partial charge on any atom is 0.305 e. The molecule has 6 nitrogen and oxygen atoms in total. The van der Waals surface area contributed by atoms with Crippen LogP contribution in [-0.4, -0.2) is 62.7 Å². The zero-order valence-electron chi connectivity index (χ0n) is 17.8. The second-order valence-electron chi connectivity index (χ2n) is 7.44. The number of hydrogen-bond acceptors (Lipinski definition) is 4. The van der Waals surface area contributed by atoms with Crippen molar-refractivity contribution in [2.24, 2.45) is 10.9 Å². The minimum atomic E-state index is -0.136. The van der Waals surface area contributed by atoms with Gasteiger partial charge in [-0.3, -0.25) is 14.7 Å². The topological polar surface area (TPSA) is 66.0 Å². The lowest BCUT2D eigenvalue weighted by Gasteiger charge is -2.32. The second kappa shape index (κ2) is 16.4. The zero-order chi connectivity index (χ0) is 19.2. The molecule has 1 fully saturated rings. The van der Waals surface area contributed by atoms with Crippen LogP contribution in [-0.2, 0) is 9.53 Å². The number of carbonyl (C=O) groups excluding carboxylic acids is 1. The molecule has 27 heavy (non-hydrogen) atoms. The number of hydrogen-bond donors (Lipinski definition) is 2. The second-order valence-corrected chi connectivity index (χ2v) is 7.44. The van der Waals surface area contributed by atoms with Crippen molar-refractivity contribution >= 4 is 35.9 Å². The van der Waals surface area contributed by atoms with Gasteiger partial charge in [-0.05, 0) is 51.6 Å². The van der Waals surface area contributed by atoms with E-state index in [-0.39, 0.29) is 29.9 Å². The number of nitrogens with one attached hydrogen (secondary N) is 2. The van der Waals surface area contributed by atoms with E-state index in [1.54, 1.807) is 0 Å². The molecule has 1 rings (SSSR count). The highest BCUT2D eigenvalue weighted by molar-refractivity contribution is 14.0. The van der Waals surface area contributed by atoms with Crippen LogP contribution in [0.15, 0.2) is 4.99 Å². The number of carbonyl (C=O) groups is 1. The SMILES string of the molecule is CCNC(=NCC(C(C)C)N1CCCCCC1)NCCCCC(=O)OC.I. The Hall–Kier alpha value is -0.570. The Kier molecular flexibility index (Phi) is 16.0. The van der Waals surface area contributed by atoms with Gasteiger partial charge >= 0.3 is 5.97 Å². The van der Waals surface area contributed by atoms with Crippen molar-refractivity contribution in [1.82, 2.24) is 15.5 Å². The lowest BCUT2D eigenvalue weighted by Crippen LogP contribution is -2.44. The van der Waals surface area contributed by atoms with Crippen LogP contribution in [0.5, 0.6) is 0 Å². The van der Waals surface area contributed by atoms with Gasteiger partial charge in [0.1, 0.15) is 0 Å². The van der Waals surface area contributed by atoms with E-state index in [4.69, 9.17) is 4.99 Å². The highest BCUT2D eigenvalue weighted by Gasteiger charge is 2.22. The van der Waals surface area contributed by atoms with Crippen molar-refractivity contribution in [2.75, 3.05) is 39.8 Å². The van der Waals surface area contributed by atoms with Gasteiger partial charge in [-0.25, -0.2) is 0 Å². The molecule has 1 saturated heterocycles. The lowest BCUT2D eigenvalue weighted by atomic mass is 10.0.